The molecule has 1 aliphatic rings. The number of halogens is 1. The fourth-order valence-corrected chi connectivity index (χ4v) is 2.44. The number of nitrogen functional groups attached to an aromatic ring is 1. The molecule has 0 aromatic heterocycles. The third-order valence-electron chi connectivity index (χ3n) is 3.45. The number of anilines is 1. The minimum absolute atomic E-state index is 0.00575. The fourth-order valence-electron chi connectivity index (χ4n) is 2.01. The minimum atomic E-state index is -1.22. The first-order valence-electron chi connectivity index (χ1n) is 5.95. The van der Waals surface area contributed by atoms with Crippen LogP contribution in [0.5, 0.6) is 0 Å². The maximum absolute atomic E-state index is 12.2. The van der Waals surface area contributed by atoms with Crippen molar-refractivity contribution in [2.24, 2.45) is 5.92 Å². The second-order valence-electron chi connectivity index (χ2n) is 4.98. The molecule has 1 unspecified atom stereocenters. The van der Waals surface area contributed by atoms with Crippen molar-refractivity contribution in [2.75, 3.05) is 5.73 Å². The average Bonchev–Trinajstić information content (AvgIpc) is 3.16. The first-order valence-corrected chi connectivity index (χ1v) is 6.75. The lowest BCUT2D eigenvalue weighted by atomic mass is 9.95. The summed E-state index contributed by atoms with van der Waals surface area (Å²) in [5.41, 5.74) is 5.22. The number of nitrogens with one attached hydrogen (secondary N) is 1. The van der Waals surface area contributed by atoms with Crippen molar-refractivity contribution >= 4 is 33.5 Å². The molecular weight excluding hydrogens is 312 g/mol. The maximum Gasteiger partial charge on any atom is 0.329 e. The average molecular weight is 327 g/mol. The Morgan fingerprint density at radius 3 is 2.63 bits per heavy atom. The van der Waals surface area contributed by atoms with Crippen LogP contribution < -0.4 is 11.1 Å². The third kappa shape index (κ3) is 2.73. The van der Waals surface area contributed by atoms with E-state index in [-0.39, 0.29) is 5.92 Å². The van der Waals surface area contributed by atoms with Crippen molar-refractivity contribution in [1.82, 2.24) is 5.32 Å². The Kier molecular flexibility index (Phi) is 3.54. The number of nitrogens with two attached hydrogens (primary N) is 1. The fraction of sp³-hybridized carbons (Fsp3) is 0.385. The number of carbonyl (C=O) groups is 2. The Morgan fingerprint density at radius 2 is 2.11 bits per heavy atom. The molecule has 0 radical (unpaired) electrons. The van der Waals surface area contributed by atoms with Gasteiger partial charge in [0.05, 0.1) is 5.56 Å². The molecule has 1 atom stereocenters. The van der Waals surface area contributed by atoms with Gasteiger partial charge in [-0.05, 0) is 59.8 Å². The van der Waals surface area contributed by atoms with Gasteiger partial charge in [-0.2, -0.15) is 0 Å². The zero-order chi connectivity index (χ0) is 14.2. The van der Waals surface area contributed by atoms with Crippen LogP contribution in [0.15, 0.2) is 22.7 Å². The van der Waals surface area contributed by atoms with Gasteiger partial charge < -0.3 is 16.2 Å². The molecule has 0 bridgehead atoms. The van der Waals surface area contributed by atoms with Gasteiger partial charge in [-0.3, -0.25) is 4.79 Å². The summed E-state index contributed by atoms with van der Waals surface area (Å²) in [4.78, 5) is 23.6. The number of amides is 1. The third-order valence-corrected chi connectivity index (χ3v) is 4.14. The zero-order valence-electron chi connectivity index (χ0n) is 10.4. The molecule has 102 valence electrons. The summed E-state index contributed by atoms with van der Waals surface area (Å²) < 4.78 is 0.586. The lowest BCUT2D eigenvalue weighted by Gasteiger charge is -2.26. The smallest absolute Gasteiger partial charge is 0.329 e. The number of hydrogen-bond acceptors (Lipinski definition) is 3. The molecule has 1 aromatic rings. The lowest BCUT2D eigenvalue weighted by molar-refractivity contribution is -0.144. The maximum atomic E-state index is 12.2. The molecule has 6 heteroatoms. The van der Waals surface area contributed by atoms with E-state index in [1.807, 2.05) is 0 Å². The van der Waals surface area contributed by atoms with Crippen LogP contribution in [-0.2, 0) is 4.79 Å². The van der Waals surface area contributed by atoms with Crippen LogP contribution in [0.25, 0.3) is 0 Å². The number of aliphatic carboxylic acids is 1. The van der Waals surface area contributed by atoms with Gasteiger partial charge in [0, 0.05) is 10.2 Å². The van der Waals surface area contributed by atoms with Crippen LogP contribution in [-0.4, -0.2) is 22.5 Å². The molecule has 1 amide bonds. The first-order chi connectivity index (χ1) is 8.84. The summed E-state index contributed by atoms with van der Waals surface area (Å²) in [6.07, 6.45) is 1.64. The van der Waals surface area contributed by atoms with Crippen LogP contribution in [0.2, 0.25) is 0 Å². The SMILES string of the molecule is CC(NC(=O)c1cc(N)ccc1Br)(C(=O)O)C1CC1. The summed E-state index contributed by atoms with van der Waals surface area (Å²) in [6, 6.07) is 4.85. The van der Waals surface area contributed by atoms with E-state index < -0.39 is 17.4 Å². The van der Waals surface area contributed by atoms with Crippen LogP contribution in [0.1, 0.15) is 30.1 Å². The number of hydrogen-bond donors (Lipinski definition) is 3. The van der Waals surface area contributed by atoms with Gasteiger partial charge in [-0.1, -0.05) is 0 Å². The van der Waals surface area contributed by atoms with Crippen molar-refractivity contribution in [1.29, 1.82) is 0 Å². The van der Waals surface area contributed by atoms with Crippen molar-refractivity contribution in [3.63, 3.8) is 0 Å². The van der Waals surface area contributed by atoms with E-state index in [1.165, 1.54) is 6.07 Å². The molecule has 5 nitrogen and oxygen atoms in total. The van der Waals surface area contributed by atoms with E-state index in [1.54, 1.807) is 19.1 Å². The van der Waals surface area contributed by atoms with Crippen molar-refractivity contribution < 1.29 is 14.7 Å². The molecule has 19 heavy (non-hydrogen) atoms. The highest BCUT2D eigenvalue weighted by atomic mass is 79.9. The van der Waals surface area contributed by atoms with E-state index >= 15 is 0 Å². The summed E-state index contributed by atoms with van der Waals surface area (Å²) in [7, 11) is 0. The van der Waals surface area contributed by atoms with Crippen molar-refractivity contribution in [3.05, 3.63) is 28.2 Å². The normalized spacial score (nSPS) is 17.6. The van der Waals surface area contributed by atoms with Gasteiger partial charge >= 0.3 is 5.97 Å². The Morgan fingerprint density at radius 1 is 1.47 bits per heavy atom. The quantitative estimate of drug-likeness (QED) is 0.738. The first kappa shape index (κ1) is 13.9. The van der Waals surface area contributed by atoms with Gasteiger partial charge in [-0.15, -0.1) is 0 Å². The second kappa shape index (κ2) is 4.85. The monoisotopic (exact) mass is 326 g/mol. The number of carboxylic acid groups (broad SMARTS) is 1. The van der Waals surface area contributed by atoms with E-state index in [0.29, 0.717) is 15.7 Å². The van der Waals surface area contributed by atoms with Gasteiger partial charge in [-0.25, -0.2) is 4.79 Å². The number of rotatable bonds is 4. The molecule has 2 rings (SSSR count). The largest absolute Gasteiger partial charge is 0.480 e. The number of carboxylic acids is 1. The van der Waals surface area contributed by atoms with Crippen LogP contribution in [0, 0.1) is 5.92 Å². The Bertz CT molecular complexity index is 543. The minimum Gasteiger partial charge on any atom is -0.480 e. The van der Waals surface area contributed by atoms with Crippen LogP contribution >= 0.6 is 15.9 Å². The number of carbonyl (C=O) groups excluding carboxylic acids is 1. The molecule has 0 aliphatic heterocycles. The van der Waals surface area contributed by atoms with Crippen LogP contribution in [0.4, 0.5) is 5.69 Å². The highest BCUT2D eigenvalue weighted by molar-refractivity contribution is 9.10. The molecular formula is C13H15BrN2O3. The molecule has 1 aromatic carbocycles. The molecule has 4 N–H and O–H groups in total. The van der Waals surface area contributed by atoms with Gasteiger partial charge in [0.15, 0.2) is 0 Å². The highest BCUT2D eigenvalue weighted by Crippen LogP contribution is 2.40. The van der Waals surface area contributed by atoms with Gasteiger partial charge in [0.2, 0.25) is 0 Å². The van der Waals surface area contributed by atoms with Gasteiger partial charge in [0.25, 0.3) is 5.91 Å². The van der Waals surface area contributed by atoms with Gasteiger partial charge in [0.1, 0.15) is 5.54 Å². The molecule has 0 saturated heterocycles. The highest BCUT2D eigenvalue weighted by Gasteiger charge is 2.48. The summed E-state index contributed by atoms with van der Waals surface area (Å²) in [6.45, 7) is 1.55. The van der Waals surface area contributed by atoms with E-state index in [2.05, 4.69) is 21.2 Å². The topological polar surface area (TPSA) is 92.4 Å². The number of benzene rings is 1. The molecule has 0 heterocycles. The van der Waals surface area contributed by atoms with Crippen molar-refractivity contribution in [3.8, 4) is 0 Å². The predicted molar refractivity (Wildman–Crippen MR) is 74.8 cm³/mol. The van der Waals surface area contributed by atoms with E-state index in [4.69, 9.17) is 5.73 Å². The van der Waals surface area contributed by atoms with Crippen molar-refractivity contribution in [2.45, 2.75) is 25.3 Å². The standard InChI is InChI=1S/C13H15BrN2O3/c1-13(12(18)19,7-2-3-7)16-11(17)9-6-8(15)4-5-10(9)14/h4-7H,2-3,15H2,1H3,(H,16,17)(H,18,19). The summed E-state index contributed by atoms with van der Waals surface area (Å²) in [5.74, 6) is -1.45. The van der Waals surface area contributed by atoms with E-state index in [9.17, 15) is 14.7 Å². The van der Waals surface area contributed by atoms with Crippen LogP contribution in [0.3, 0.4) is 0 Å². The molecule has 1 aliphatic carbocycles. The Hall–Kier alpha value is -1.56. The molecule has 0 spiro atoms. The van der Waals surface area contributed by atoms with E-state index in [0.717, 1.165) is 12.8 Å². The molecule has 1 saturated carbocycles. The molecule has 1 fully saturated rings. The Labute approximate surface area is 119 Å². The second-order valence-corrected chi connectivity index (χ2v) is 5.83. The predicted octanol–water partition coefficient (Wildman–Crippen LogP) is 2.01. The Balaban J connectivity index is 2.25. The summed E-state index contributed by atoms with van der Waals surface area (Å²) >= 11 is 3.26. The summed E-state index contributed by atoms with van der Waals surface area (Å²) in [5, 5.41) is 11.9. The lowest BCUT2D eigenvalue weighted by Crippen LogP contribution is -2.54. The zero-order valence-corrected chi connectivity index (χ0v) is 12.0.